The Bertz CT molecular complexity index is 376. The van der Waals surface area contributed by atoms with E-state index in [1.54, 1.807) is 0 Å². The maximum Gasteiger partial charge on any atom is 0.303 e. The van der Waals surface area contributed by atoms with Crippen LogP contribution in [-0.2, 0) is 4.79 Å². The number of nitrogens with one attached hydrogen (secondary N) is 1. The lowest BCUT2D eigenvalue weighted by atomic mass is 10.2. The second-order valence-corrected chi connectivity index (χ2v) is 4.96. The maximum atomic E-state index is 10.4. The third-order valence-corrected chi connectivity index (χ3v) is 3.21. The fraction of sp³-hybridized carbons (Fsp3) is 0.700. The van der Waals surface area contributed by atoms with Crippen LogP contribution in [0.2, 0.25) is 0 Å². The molecule has 88 valence electrons. The Balaban J connectivity index is 1.80. The molecule has 6 heteroatoms. The molecule has 1 unspecified atom stereocenters. The zero-order chi connectivity index (χ0) is 11.5. The summed E-state index contributed by atoms with van der Waals surface area (Å²) in [6.45, 7) is 1.96. The first-order chi connectivity index (χ1) is 7.65. The zero-order valence-corrected chi connectivity index (χ0v) is 9.96. The van der Waals surface area contributed by atoms with E-state index in [1.807, 2.05) is 6.92 Å². The van der Waals surface area contributed by atoms with Gasteiger partial charge in [0.2, 0.25) is 5.13 Å². The monoisotopic (exact) mass is 241 g/mol. The van der Waals surface area contributed by atoms with Crippen LogP contribution >= 0.6 is 11.5 Å². The van der Waals surface area contributed by atoms with Crippen molar-refractivity contribution in [3.63, 3.8) is 0 Å². The molecule has 0 bridgehead atoms. The van der Waals surface area contributed by atoms with E-state index in [9.17, 15) is 4.79 Å². The third-order valence-electron chi connectivity index (χ3n) is 2.55. The predicted molar refractivity (Wildman–Crippen MR) is 61.8 cm³/mol. The molecule has 2 N–H and O–H groups in total. The topological polar surface area (TPSA) is 75.1 Å². The van der Waals surface area contributed by atoms with E-state index < -0.39 is 5.97 Å². The molecule has 1 saturated carbocycles. The van der Waals surface area contributed by atoms with Gasteiger partial charge >= 0.3 is 5.97 Å². The number of carboxylic acid groups (broad SMARTS) is 1. The lowest BCUT2D eigenvalue weighted by molar-refractivity contribution is -0.137. The van der Waals surface area contributed by atoms with E-state index in [0.29, 0.717) is 12.3 Å². The molecule has 0 spiro atoms. The lowest BCUT2D eigenvalue weighted by Crippen LogP contribution is -2.16. The van der Waals surface area contributed by atoms with E-state index >= 15 is 0 Å². The molecule has 0 radical (unpaired) electrons. The van der Waals surface area contributed by atoms with Crippen LogP contribution in [0, 0.1) is 0 Å². The number of aliphatic carboxylic acids is 1. The molecule has 0 saturated heterocycles. The van der Waals surface area contributed by atoms with Crippen molar-refractivity contribution in [2.24, 2.45) is 0 Å². The van der Waals surface area contributed by atoms with E-state index in [-0.39, 0.29) is 12.5 Å². The summed E-state index contributed by atoms with van der Waals surface area (Å²) in [6.07, 6.45) is 3.19. The van der Waals surface area contributed by atoms with Crippen LogP contribution in [0.4, 0.5) is 5.13 Å². The SMILES string of the molecule is CC(CCC(=O)O)Nc1nc(C2CC2)ns1. The number of aromatic nitrogens is 2. The van der Waals surface area contributed by atoms with Gasteiger partial charge < -0.3 is 10.4 Å². The van der Waals surface area contributed by atoms with E-state index in [2.05, 4.69) is 14.7 Å². The summed E-state index contributed by atoms with van der Waals surface area (Å²) >= 11 is 1.36. The molecule has 16 heavy (non-hydrogen) atoms. The quantitative estimate of drug-likeness (QED) is 0.797. The summed E-state index contributed by atoms with van der Waals surface area (Å²) in [6, 6.07) is 0.121. The van der Waals surface area contributed by atoms with Crippen LogP contribution in [0.25, 0.3) is 0 Å². The first-order valence-corrected chi connectivity index (χ1v) is 6.24. The molecule has 1 heterocycles. The van der Waals surface area contributed by atoms with Gasteiger partial charge in [-0.3, -0.25) is 4.79 Å². The minimum absolute atomic E-state index is 0.121. The van der Waals surface area contributed by atoms with Gasteiger partial charge in [0.25, 0.3) is 0 Å². The van der Waals surface area contributed by atoms with Crippen LogP contribution in [0.3, 0.4) is 0 Å². The number of rotatable bonds is 6. The fourth-order valence-corrected chi connectivity index (χ4v) is 2.18. The molecular weight excluding hydrogens is 226 g/mol. The minimum atomic E-state index is -0.760. The van der Waals surface area contributed by atoms with Gasteiger partial charge in [0.15, 0.2) is 0 Å². The van der Waals surface area contributed by atoms with Gasteiger partial charge in [0, 0.05) is 29.9 Å². The van der Waals surface area contributed by atoms with Crippen molar-refractivity contribution in [3.8, 4) is 0 Å². The van der Waals surface area contributed by atoms with Gasteiger partial charge in [-0.05, 0) is 26.2 Å². The Morgan fingerprint density at radius 2 is 2.44 bits per heavy atom. The molecule has 1 fully saturated rings. The Labute approximate surface area is 98.1 Å². The average molecular weight is 241 g/mol. The molecule has 1 aliphatic rings. The Morgan fingerprint density at radius 3 is 3.06 bits per heavy atom. The molecule has 0 aliphatic heterocycles. The normalized spacial score (nSPS) is 17.1. The van der Waals surface area contributed by atoms with E-state index in [4.69, 9.17) is 5.11 Å². The Hall–Kier alpha value is -1.17. The van der Waals surface area contributed by atoms with Gasteiger partial charge in [-0.2, -0.15) is 4.37 Å². The summed E-state index contributed by atoms with van der Waals surface area (Å²) in [7, 11) is 0. The summed E-state index contributed by atoms with van der Waals surface area (Å²) < 4.78 is 4.28. The smallest absolute Gasteiger partial charge is 0.303 e. The summed E-state index contributed by atoms with van der Waals surface area (Å²) in [5.41, 5.74) is 0. The van der Waals surface area contributed by atoms with Crippen molar-refractivity contribution in [1.29, 1.82) is 0 Å². The highest BCUT2D eigenvalue weighted by Gasteiger charge is 2.27. The molecule has 0 amide bonds. The lowest BCUT2D eigenvalue weighted by Gasteiger charge is -2.10. The standard InChI is InChI=1S/C10H15N3O2S/c1-6(2-5-8(14)15)11-10-12-9(13-16-10)7-3-4-7/h6-7H,2-5H2,1H3,(H,14,15)(H,11,12,13). The van der Waals surface area contributed by atoms with Gasteiger partial charge in [-0.1, -0.05) is 0 Å². The predicted octanol–water partition coefficient (Wildman–Crippen LogP) is 2.08. The summed E-state index contributed by atoms with van der Waals surface area (Å²) in [4.78, 5) is 14.8. The number of carbonyl (C=O) groups is 1. The van der Waals surface area contributed by atoms with Crippen molar-refractivity contribution in [2.75, 3.05) is 5.32 Å². The van der Waals surface area contributed by atoms with Crippen molar-refractivity contribution in [2.45, 2.75) is 44.6 Å². The van der Waals surface area contributed by atoms with Crippen LogP contribution in [0.15, 0.2) is 0 Å². The van der Waals surface area contributed by atoms with E-state index in [0.717, 1.165) is 11.0 Å². The highest BCUT2D eigenvalue weighted by Crippen LogP contribution is 2.39. The van der Waals surface area contributed by atoms with Crippen molar-refractivity contribution < 1.29 is 9.90 Å². The van der Waals surface area contributed by atoms with Crippen LogP contribution in [0.5, 0.6) is 0 Å². The van der Waals surface area contributed by atoms with Crippen LogP contribution in [-0.4, -0.2) is 26.5 Å². The highest BCUT2D eigenvalue weighted by atomic mass is 32.1. The maximum absolute atomic E-state index is 10.4. The first kappa shape index (κ1) is 11.3. The van der Waals surface area contributed by atoms with E-state index in [1.165, 1.54) is 24.4 Å². The number of hydrogen-bond donors (Lipinski definition) is 2. The minimum Gasteiger partial charge on any atom is -0.481 e. The van der Waals surface area contributed by atoms with Crippen molar-refractivity contribution >= 4 is 22.6 Å². The Morgan fingerprint density at radius 1 is 1.69 bits per heavy atom. The zero-order valence-electron chi connectivity index (χ0n) is 9.14. The third kappa shape index (κ3) is 3.16. The molecule has 1 aromatic heterocycles. The summed E-state index contributed by atoms with van der Waals surface area (Å²) in [5.74, 6) is 0.753. The number of nitrogens with zero attached hydrogens (tertiary/aromatic N) is 2. The molecular formula is C10H15N3O2S. The summed E-state index contributed by atoms with van der Waals surface area (Å²) in [5, 5.41) is 12.5. The molecule has 5 nitrogen and oxygen atoms in total. The van der Waals surface area contributed by atoms with Crippen LogP contribution in [0.1, 0.15) is 44.3 Å². The molecule has 1 aromatic rings. The van der Waals surface area contributed by atoms with Gasteiger partial charge in [0.1, 0.15) is 5.82 Å². The molecule has 0 aromatic carbocycles. The average Bonchev–Trinajstić information content (AvgIpc) is 2.98. The second kappa shape index (κ2) is 4.78. The van der Waals surface area contributed by atoms with Gasteiger partial charge in [0.05, 0.1) is 0 Å². The number of anilines is 1. The number of carboxylic acids is 1. The molecule has 1 atom stereocenters. The largest absolute Gasteiger partial charge is 0.481 e. The van der Waals surface area contributed by atoms with Gasteiger partial charge in [-0.15, -0.1) is 0 Å². The van der Waals surface area contributed by atoms with Crippen LogP contribution < -0.4 is 5.32 Å². The first-order valence-electron chi connectivity index (χ1n) is 5.47. The second-order valence-electron chi connectivity index (χ2n) is 4.21. The van der Waals surface area contributed by atoms with Gasteiger partial charge in [-0.25, -0.2) is 4.98 Å². The van der Waals surface area contributed by atoms with Crippen molar-refractivity contribution in [1.82, 2.24) is 9.36 Å². The fourth-order valence-electron chi connectivity index (χ4n) is 1.42. The van der Waals surface area contributed by atoms with Crippen molar-refractivity contribution in [3.05, 3.63) is 5.82 Å². The highest BCUT2D eigenvalue weighted by molar-refractivity contribution is 7.09. The molecule has 1 aliphatic carbocycles. The Kier molecular flexibility index (Phi) is 3.38. The molecule has 2 rings (SSSR count). The number of hydrogen-bond acceptors (Lipinski definition) is 5.